The normalized spacial score (nSPS) is 14.5. The first-order chi connectivity index (χ1) is 10.4. The molecule has 1 heterocycles. The number of hydrogen-bond acceptors (Lipinski definition) is 2. The number of aromatic nitrogens is 1. The highest BCUT2D eigenvalue weighted by Crippen LogP contribution is 2.26. The van der Waals surface area contributed by atoms with Crippen LogP contribution < -0.4 is 4.72 Å². The number of benzene rings is 1. The molecule has 1 N–H and O–H groups in total. The van der Waals surface area contributed by atoms with Gasteiger partial charge in [0.15, 0.2) is 0 Å². The van der Waals surface area contributed by atoms with Gasteiger partial charge in [0.05, 0.1) is 21.8 Å². The second kappa shape index (κ2) is 7.49. The van der Waals surface area contributed by atoms with Gasteiger partial charge in [0, 0.05) is 11.8 Å². The fourth-order valence-corrected chi connectivity index (χ4v) is 3.38. The van der Waals surface area contributed by atoms with Crippen LogP contribution in [0.2, 0.25) is 0 Å². The van der Waals surface area contributed by atoms with Crippen LogP contribution >= 0.6 is 15.9 Å². The zero-order valence-electron chi connectivity index (χ0n) is 13.0. The Morgan fingerprint density at radius 1 is 1.18 bits per heavy atom. The largest absolute Gasteiger partial charge is 0.249 e. The van der Waals surface area contributed by atoms with Gasteiger partial charge in [-0.25, -0.2) is 13.9 Å². The first-order valence-corrected chi connectivity index (χ1v) is 9.14. The summed E-state index contributed by atoms with van der Waals surface area (Å²) in [5, 5.41) is 0. The maximum Gasteiger partial charge on any atom is 0.110 e. The fourth-order valence-electron chi connectivity index (χ4n) is 2.03. The fraction of sp³-hybridized carbons (Fsp3) is 0.353. The zero-order chi connectivity index (χ0) is 16.2. The topological polar surface area (TPSA) is 42.0 Å². The Kier molecular flexibility index (Phi) is 5.89. The standard InChI is InChI=1S/C17H21BrN2OS/c1-17(2,3)22(21)20-15(12-13-8-5-4-6-9-13)14-10-7-11-19-16(14)18/h4-11,15,20H,12H2,1-3H3. The van der Waals surface area contributed by atoms with Gasteiger partial charge in [-0.15, -0.1) is 0 Å². The van der Waals surface area contributed by atoms with Crippen molar-refractivity contribution >= 4 is 26.9 Å². The lowest BCUT2D eigenvalue weighted by Gasteiger charge is -2.25. The molecule has 2 atom stereocenters. The van der Waals surface area contributed by atoms with Crippen molar-refractivity contribution in [3.8, 4) is 0 Å². The van der Waals surface area contributed by atoms with Gasteiger partial charge in [-0.3, -0.25) is 0 Å². The minimum absolute atomic E-state index is 0.0643. The summed E-state index contributed by atoms with van der Waals surface area (Å²) in [5.41, 5.74) is 2.21. The summed E-state index contributed by atoms with van der Waals surface area (Å²) in [4.78, 5) is 4.29. The van der Waals surface area contributed by atoms with Crippen LogP contribution in [-0.4, -0.2) is 13.9 Å². The molecule has 3 nitrogen and oxygen atoms in total. The molecule has 1 aromatic carbocycles. The predicted octanol–water partition coefficient (Wildman–Crippen LogP) is 4.18. The van der Waals surface area contributed by atoms with E-state index in [-0.39, 0.29) is 10.8 Å². The average Bonchev–Trinajstić information content (AvgIpc) is 2.47. The summed E-state index contributed by atoms with van der Waals surface area (Å²) >= 11 is 3.50. The van der Waals surface area contributed by atoms with Crippen LogP contribution in [-0.2, 0) is 17.4 Å². The van der Waals surface area contributed by atoms with Crippen molar-refractivity contribution in [3.63, 3.8) is 0 Å². The van der Waals surface area contributed by atoms with Gasteiger partial charge in [0.25, 0.3) is 0 Å². The van der Waals surface area contributed by atoms with E-state index in [1.54, 1.807) is 6.20 Å². The number of rotatable bonds is 5. The van der Waals surface area contributed by atoms with E-state index in [9.17, 15) is 4.21 Å². The minimum Gasteiger partial charge on any atom is -0.249 e. The highest BCUT2D eigenvalue weighted by Gasteiger charge is 2.25. The monoisotopic (exact) mass is 380 g/mol. The number of nitrogens with zero attached hydrogens (tertiary/aromatic N) is 1. The second-order valence-electron chi connectivity index (χ2n) is 6.12. The molecule has 2 unspecified atom stereocenters. The molecule has 2 rings (SSSR count). The number of pyridine rings is 1. The molecule has 0 amide bonds. The maximum atomic E-state index is 12.5. The van der Waals surface area contributed by atoms with Gasteiger partial charge in [0.2, 0.25) is 0 Å². The smallest absolute Gasteiger partial charge is 0.110 e. The summed E-state index contributed by atoms with van der Waals surface area (Å²) in [5.74, 6) is 0. The highest BCUT2D eigenvalue weighted by atomic mass is 79.9. The van der Waals surface area contributed by atoms with Crippen molar-refractivity contribution in [3.05, 3.63) is 64.4 Å². The Hall–Kier alpha value is -1.04. The van der Waals surface area contributed by atoms with Gasteiger partial charge in [0.1, 0.15) is 4.60 Å². The van der Waals surface area contributed by atoms with Gasteiger partial charge >= 0.3 is 0 Å². The van der Waals surface area contributed by atoms with Gasteiger partial charge < -0.3 is 0 Å². The van der Waals surface area contributed by atoms with Gasteiger partial charge in [-0.2, -0.15) is 0 Å². The van der Waals surface area contributed by atoms with E-state index < -0.39 is 11.0 Å². The highest BCUT2D eigenvalue weighted by molar-refractivity contribution is 9.10. The lowest BCUT2D eigenvalue weighted by molar-refractivity contribution is 0.594. The van der Waals surface area contributed by atoms with Crippen LogP contribution in [0.15, 0.2) is 53.3 Å². The molecule has 0 fully saturated rings. The molecule has 0 saturated heterocycles. The lowest BCUT2D eigenvalue weighted by Crippen LogP contribution is -2.36. The summed E-state index contributed by atoms with van der Waals surface area (Å²) in [7, 11) is -1.15. The molecule has 22 heavy (non-hydrogen) atoms. The quantitative estimate of drug-likeness (QED) is 0.790. The molecule has 0 aliphatic carbocycles. The van der Waals surface area contributed by atoms with Crippen LogP contribution in [0.3, 0.4) is 0 Å². The molecule has 0 saturated carbocycles. The van der Waals surface area contributed by atoms with Crippen molar-refractivity contribution in [2.75, 3.05) is 0 Å². The lowest BCUT2D eigenvalue weighted by atomic mass is 10.0. The molecule has 0 radical (unpaired) electrons. The van der Waals surface area contributed by atoms with Crippen LogP contribution in [0.5, 0.6) is 0 Å². The maximum absolute atomic E-state index is 12.5. The molecule has 118 valence electrons. The Morgan fingerprint density at radius 3 is 2.45 bits per heavy atom. The molecular weight excluding hydrogens is 360 g/mol. The molecule has 0 spiro atoms. The minimum atomic E-state index is -1.15. The third-order valence-corrected chi connectivity index (χ3v) is 5.53. The zero-order valence-corrected chi connectivity index (χ0v) is 15.4. The number of halogens is 1. The van der Waals surface area contributed by atoms with Crippen LogP contribution in [0, 0.1) is 0 Å². The SMILES string of the molecule is CC(C)(C)S(=O)NC(Cc1ccccc1)c1cccnc1Br. The van der Waals surface area contributed by atoms with E-state index in [4.69, 9.17) is 0 Å². The molecule has 2 aromatic rings. The van der Waals surface area contributed by atoms with Crippen molar-refractivity contribution in [1.82, 2.24) is 9.71 Å². The number of nitrogens with one attached hydrogen (secondary N) is 1. The summed E-state index contributed by atoms with van der Waals surface area (Å²) in [6.45, 7) is 5.90. The Morgan fingerprint density at radius 2 is 1.86 bits per heavy atom. The molecule has 0 aliphatic rings. The second-order valence-corrected chi connectivity index (χ2v) is 8.87. The summed E-state index contributed by atoms with van der Waals surface area (Å²) in [6.07, 6.45) is 2.50. The Bertz CT molecular complexity index is 641. The van der Waals surface area contributed by atoms with E-state index in [0.717, 1.165) is 16.6 Å². The van der Waals surface area contributed by atoms with E-state index in [1.807, 2.05) is 51.1 Å². The third-order valence-electron chi connectivity index (χ3n) is 3.25. The van der Waals surface area contributed by atoms with Gasteiger partial charge in [-0.1, -0.05) is 36.4 Å². The van der Waals surface area contributed by atoms with Crippen molar-refractivity contribution in [2.45, 2.75) is 38.0 Å². The van der Waals surface area contributed by atoms with E-state index >= 15 is 0 Å². The summed E-state index contributed by atoms with van der Waals surface area (Å²) < 4.78 is 16.2. The molecule has 1 aromatic heterocycles. The van der Waals surface area contributed by atoms with Crippen molar-refractivity contribution in [1.29, 1.82) is 0 Å². The van der Waals surface area contributed by atoms with E-state index in [2.05, 4.69) is 37.8 Å². The third kappa shape index (κ3) is 4.73. The van der Waals surface area contributed by atoms with E-state index in [0.29, 0.717) is 0 Å². The molecule has 0 aliphatic heterocycles. The van der Waals surface area contributed by atoms with Crippen LogP contribution in [0.25, 0.3) is 0 Å². The summed E-state index contributed by atoms with van der Waals surface area (Å²) in [6, 6.07) is 14.1. The first-order valence-electron chi connectivity index (χ1n) is 7.20. The Labute approximate surface area is 143 Å². The van der Waals surface area contributed by atoms with Crippen LogP contribution in [0.4, 0.5) is 0 Å². The van der Waals surface area contributed by atoms with E-state index in [1.165, 1.54) is 5.56 Å². The molecule has 0 bridgehead atoms. The average molecular weight is 381 g/mol. The predicted molar refractivity (Wildman–Crippen MR) is 95.9 cm³/mol. The van der Waals surface area contributed by atoms with Gasteiger partial charge in [-0.05, 0) is 54.8 Å². The van der Waals surface area contributed by atoms with Crippen molar-refractivity contribution < 1.29 is 4.21 Å². The van der Waals surface area contributed by atoms with Crippen LogP contribution in [0.1, 0.15) is 37.9 Å². The Balaban J connectivity index is 2.29. The molecular formula is C17H21BrN2OS. The van der Waals surface area contributed by atoms with Crippen molar-refractivity contribution in [2.24, 2.45) is 0 Å². The number of hydrogen-bond donors (Lipinski definition) is 1. The first kappa shape index (κ1) is 17.3. The molecule has 5 heteroatoms.